The fourth-order valence-electron chi connectivity index (χ4n) is 1.65. The van der Waals surface area contributed by atoms with E-state index in [0.717, 1.165) is 23.3 Å². The molecule has 1 atom stereocenters. The number of benzene rings is 1. The Bertz CT molecular complexity index is 368. The lowest BCUT2D eigenvalue weighted by atomic mass is 10.1. The zero-order valence-electron chi connectivity index (χ0n) is 11.0. The number of amides is 1. The van der Waals surface area contributed by atoms with Crippen LogP contribution in [0.15, 0.2) is 18.2 Å². The maximum Gasteiger partial charge on any atom is 0.260 e. The summed E-state index contributed by atoms with van der Waals surface area (Å²) in [5, 5.41) is 2.82. The Morgan fingerprint density at radius 2 is 1.88 bits per heavy atom. The third kappa shape index (κ3) is 4.47. The molecule has 0 fully saturated rings. The summed E-state index contributed by atoms with van der Waals surface area (Å²) in [6.45, 7) is 8.52. The molecular weight excluding hydrogens is 214 g/mol. The highest BCUT2D eigenvalue weighted by Gasteiger charge is 2.13. The summed E-state index contributed by atoms with van der Waals surface area (Å²) in [4.78, 5) is 11.6. The fraction of sp³-hybridized carbons (Fsp3) is 0.500. The number of carbonyl (C=O) groups is 1. The van der Waals surface area contributed by atoms with Crippen molar-refractivity contribution in [1.82, 2.24) is 5.32 Å². The standard InChI is InChI=1S/C14H21NO2/c1-5-6-15-14(16)12(4)17-13-8-10(2)7-11(3)9-13/h7-9,12H,5-6H2,1-4H3,(H,15,16)/t12-/m0/s1. The van der Waals surface area contributed by atoms with Gasteiger partial charge in [0.25, 0.3) is 5.91 Å². The Hall–Kier alpha value is -1.51. The van der Waals surface area contributed by atoms with Crippen LogP contribution >= 0.6 is 0 Å². The first-order chi connectivity index (χ1) is 8.02. The van der Waals surface area contributed by atoms with Crippen LogP contribution in [0, 0.1) is 13.8 Å². The molecule has 0 saturated carbocycles. The van der Waals surface area contributed by atoms with E-state index >= 15 is 0 Å². The highest BCUT2D eigenvalue weighted by atomic mass is 16.5. The number of carbonyl (C=O) groups excluding carboxylic acids is 1. The van der Waals surface area contributed by atoms with Gasteiger partial charge in [-0.1, -0.05) is 13.0 Å². The number of rotatable bonds is 5. The number of aryl methyl sites for hydroxylation is 2. The van der Waals surface area contributed by atoms with E-state index in [-0.39, 0.29) is 5.91 Å². The van der Waals surface area contributed by atoms with E-state index in [1.54, 1.807) is 6.92 Å². The number of hydrogen-bond donors (Lipinski definition) is 1. The molecule has 94 valence electrons. The monoisotopic (exact) mass is 235 g/mol. The maximum absolute atomic E-state index is 11.6. The Kier molecular flexibility index (Phi) is 5.01. The van der Waals surface area contributed by atoms with E-state index in [2.05, 4.69) is 11.4 Å². The van der Waals surface area contributed by atoms with Crippen LogP contribution < -0.4 is 10.1 Å². The molecule has 0 saturated heterocycles. The molecule has 0 aliphatic heterocycles. The highest BCUT2D eigenvalue weighted by molar-refractivity contribution is 5.80. The number of ether oxygens (including phenoxy) is 1. The normalized spacial score (nSPS) is 12.0. The average Bonchev–Trinajstić information content (AvgIpc) is 2.24. The molecule has 0 spiro atoms. The minimum absolute atomic E-state index is 0.0639. The molecule has 0 aliphatic rings. The zero-order valence-corrected chi connectivity index (χ0v) is 11.0. The van der Waals surface area contributed by atoms with Crippen molar-refractivity contribution < 1.29 is 9.53 Å². The molecule has 17 heavy (non-hydrogen) atoms. The molecule has 1 N–H and O–H groups in total. The maximum atomic E-state index is 11.6. The van der Waals surface area contributed by atoms with Crippen LogP contribution in [-0.4, -0.2) is 18.6 Å². The first kappa shape index (κ1) is 13.6. The first-order valence-corrected chi connectivity index (χ1v) is 6.05. The van der Waals surface area contributed by atoms with Crippen molar-refractivity contribution in [2.75, 3.05) is 6.54 Å². The van der Waals surface area contributed by atoms with Gasteiger partial charge in [-0.05, 0) is 50.5 Å². The van der Waals surface area contributed by atoms with Crippen molar-refractivity contribution in [1.29, 1.82) is 0 Å². The van der Waals surface area contributed by atoms with Crippen molar-refractivity contribution in [2.24, 2.45) is 0 Å². The van der Waals surface area contributed by atoms with Crippen LogP contribution in [-0.2, 0) is 4.79 Å². The predicted octanol–water partition coefficient (Wildman–Crippen LogP) is 2.60. The highest BCUT2D eigenvalue weighted by Crippen LogP contribution is 2.17. The molecule has 1 rings (SSSR count). The molecular formula is C14H21NO2. The second-order valence-electron chi connectivity index (χ2n) is 4.37. The minimum atomic E-state index is -0.456. The third-order valence-corrected chi connectivity index (χ3v) is 2.43. The van der Waals surface area contributed by atoms with E-state index in [9.17, 15) is 4.79 Å². The van der Waals surface area contributed by atoms with Crippen LogP contribution in [0.4, 0.5) is 0 Å². The zero-order chi connectivity index (χ0) is 12.8. The van der Waals surface area contributed by atoms with Crippen molar-refractivity contribution in [3.63, 3.8) is 0 Å². The molecule has 1 aromatic rings. The minimum Gasteiger partial charge on any atom is -0.481 e. The lowest BCUT2D eigenvalue weighted by molar-refractivity contribution is -0.127. The predicted molar refractivity (Wildman–Crippen MR) is 69.3 cm³/mol. The molecule has 3 nitrogen and oxygen atoms in total. The van der Waals surface area contributed by atoms with Crippen LogP contribution in [0.1, 0.15) is 31.4 Å². The van der Waals surface area contributed by atoms with Gasteiger partial charge >= 0.3 is 0 Å². The van der Waals surface area contributed by atoms with Crippen LogP contribution in [0.2, 0.25) is 0 Å². The van der Waals surface area contributed by atoms with Crippen molar-refractivity contribution >= 4 is 5.91 Å². The molecule has 3 heteroatoms. The molecule has 1 aromatic carbocycles. The van der Waals surface area contributed by atoms with Gasteiger partial charge in [0.05, 0.1) is 0 Å². The summed E-state index contributed by atoms with van der Waals surface area (Å²) in [6.07, 6.45) is 0.477. The topological polar surface area (TPSA) is 38.3 Å². The van der Waals surface area contributed by atoms with Gasteiger partial charge in [0, 0.05) is 6.54 Å². The van der Waals surface area contributed by atoms with E-state index in [1.807, 2.05) is 32.9 Å². The number of hydrogen-bond acceptors (Lipinski definition) is 2. The van der Waals surface area contributed by atoms with Crippen LogP contribution in [0.3, 0.4) is 0 Å². The van der Waals surface area contributed by atoms with Gasteiger partial charge in [-0.25, -0.2) is 0 Å². The SMILES string of the molecule is CCCNC(=O)[C@H](C)Oc1cc(C)cc(C)c1. The van der Waals surface area contributed by atoms with Crippen LogP contribution in [0.5, 0.6) is 5.75 Å². The van der Waals surface area contributed by atoms with E-state index in [4.69, 9.17) is 4.74 Å². The summed E-state index contributed by atoms with van der Waals surface area (Å²) in [7, 11) is 0. The van der Waals surface area contributed by atoms with Gasteiger partial charge in [0.15, 0.2) is 6.10 Å². The van der Waals surface area contributed by atoms with Crippen molar-refractivity contribution in [3.05, 3.63) is 29.3 Å². The second-order valence-corrected chi connectivity index (χ2v) is 4.37. The summed E-state index contributed by atoms with van der Waals surface area (Å²) < 4.78 is 5.62. The van der Waals surface area contributed by atoms with Gasteiger partial charge in [0.2, 0.25) is 0 Å². The van der Waals surface area contributed by atoms with Gasteiger partial charge in [0.1, 0.15) is 5.75 Å². The van der Waals surface area contributed by atoms with Gasteiger partial charge in [-0.2, -0.15) is 0 Å². The molecule has 0 bridgehead atoms. The Labute approximate surface area is 103 Å². The van der Waals surface area contributed by atoms with Crippen molar-refractivity contribution in [2.45, 2.75) is 40.2 Å². The van der Waals surface area contributed by atoms with E-state index in [1.165, 1.54) is 0 Å². The Morgan fingerprint density at radius 1 is 1.29 bits per heavy atom. The smallest absolute Gasteiger partial charge is 0.260 e. The Balaban J connectivity index is 2.60. The average molecular weight is 235 g/mol. The molecule has 0 heterocycles. The summed E-state index contributed by atoms with van der Waals surface area (Å²) >= 11 is 0. The lowest BCUT2D eigenvalue weighted by Crippen LogP contribution is -2.36. The first-order valence-electron chi connectivity index (χ1n) is 6.05. The molecule has 0 aliphatic carbocycles. The molecule has 0 aromatic heterocycles. The Morgan fingerprint density at radius 3 is 2.41 bits per heavy atom. The summed E-state index contributed by atoms with van der Waals surface area (Å²) in [6, 6.07) is 5.96. The van der Waals surface area contributed by atoms with Crippen LogP contribution in [0.25, 0.3) is 0 Å². The third-order valence-electron chi connectivity index (χ3n) is 2.43. The van der Waals surface area contributed by atoms with E-state index < -0.39 is 6.10 Å². The molecule has 0 radical (unpaired) electrons. The van der Waals surface area contributed by atoms with Gasteiger partial charge < -0.3 is 10.1 Å². The largest absolute Gasteiger partial charge is 0.481 e. The quantitative estimate of drug-likeness (QED) is 0.852. The summed E-state index contributed by atoms with van der Waals surface area (Å²) in [5.74, 6) is 0.688. The molecule has 1 amide bonds. The fourth-order valence-corrected chi connectivity index (χ4v) is 1.65. The second kappa shape index (κ2) is 6.28. The molecule has 0 unspecified atom stereocenters. The lowest BCUT2D eigenvalue weighted by Gasteiger charge is -2.15. The van der Waals surface area contributed by atoms with Gasteiger partial charge in [-0.15, -0.1) is 0 Å². The van der Waals surface area contributed by atoms with Gasteiger partial charge in [-0.3, -0.25) is 4.79 Å². The van der Waals surface area contributed by atoms with E-state index in [0.29, 0.717) is 6.54 Å². The summed E-state index contributed by atoms with van der Waals surface area (Å²) in [5.41, 5.74) is 2.28. The van der Waals surface area contributed by atoms with Crippen molar-refractivity contribution in [3.8, 4) is 5.75 Å². The number of nitrogens with one attached hydrogen (secondary N) is 1.